The molecule has 2 atom stereocenters. The highest BCUT2D eigenvalue weighted by Crippen LogP contribution is 2.62. The van der Waals surface area contributed by atoms with Gasteiger partial charge in [-0.05, 0) is 58.7 Å². The van der Waals surface area contributed by atoms with E-state index in [1.54, 1.807) is 0 Å². The lowest BCUT2D eigenvalue weighted by Crippen LogP contribution is -2.36. The van der Waals surface area contributed by atoms with Crippen molar-refractivity contribution in [3.05, 3.63) is 125 Å². The van der Waals surface area contributed by atoms with Gasteiger partial charge in [-0.15, -0.1) is 0 Å². The first kappa shape index (κ1) is 22.3. The lowest BCUT2D eigenvalue weighted by Gasteiger charge is -2.42. The van der Waals surface area contributed by atoms with E-state index in [0.717, 1.165) is 6.42 Å². The zero-order valence-corrected chi connectivity index (χ0v) is 21.7. The van der Waals surface area contributed by atoms with E-state index in [1.165, 1.54) is 60.9 Å². The molecule has 182 valence electrons. The number of hydrogen-bond acceptors (Lipinski definition) is 1. The van der Waals surface area contributed by atoms with Gasteiger partial charge in [-0.1, -0.05) is 111 Å². The molecule has 0 radical (unpaired) electrons. The molecule has 2 heterocycles. The summed E-state index contributed by atoms with van der Waals surface area (Å²) in [6.45, 7) is 6.65. The third-order valence-electron chi connectivity index (χ3n) is 8.82. The van der Waals surface area contributed by atoms with E-state index in [1.807, 2.05) is 0 Å². The van der Waals surface area contributed by atoms with Gasteiger partial charge in [0.25, 0.3) is 0 Å². The molecule has 0 saturated heterocycles. The normalized spacial score (nSPS) is 19.0. The number of aromatic nitrogens is 1. The zero-order valence-electron chi connectivity index (χ0n) is 21.7. The fourth-order valence-corrected chi connectivity index (χ4v) is 7.10. The highest BCUT2D eigenvalue weighted by atomic mass is 15.0. The Morgan fingerprint density at radius 1 is 0.784 bits per heavy atom. The number of nitrogens with two attached hydrogens (primary N) is 1. The first-order valence-corrected chi connectivity index (χ1v) is 13.5. The molecule has 4 aromatic carbocycles. The molecule has 0 amide bonds. The van der Waals surface area contributed by atoms with Gasteiger partial charge in [-0.3, -0.25) is 0 Å². The van der Waals surface area contributed by atoms with Crippen LogP contribution in [-0.4, -0.2) is 10.6 Å². The molecule has 0 saturated carbocycles. The molecule has 5 aromatic rings. The molecule has 0 bridgehead atoms. The number of para-hydroxylation sites is 2. The number of allylic oxidation sites excluding steroid dienone is 3. The fraction of sp³-hybridized carbons (Fsp3) is 0.200. The van der Waals surface area contributed by atoms with E-state index >= 15 is 0 Å². The van der Waals surface area contributed by atoms with E-state index < -0.39 is 5.41 Å². The first-order chi connectivity index (χ1) is 18.1. The molecule has 2 N–H and O–H groups in total. The summed E-state index contributed by atoms with van der Waals surface area (Å²) in [7, 11) is 0. The maximum Gasteiger partial charge on any atom is 0.0751 e. The van der Waals surface area contributed by atoms with Gasteiger partial charge in [0.2, 0.25) is 0 Å². The third-order valence-corrected chi connectivity index (χ3v) is 8.82. The van der Waals surface area contributed by atoms with Crippen molar-refractivity contribution in [2.75, 3.05) is 0 Å². The Morgan fingerprint density at radius 2 is 1.38 bits per heavy atom. The van der Waals surface area contributed by atoms with Crippen LogP contribution < -0.4 is 5.73 Å². The number of hydrogen-bond donors (Lipinski definition) is 1. The molecule has 1 aromatic heterocycles. The molecule has 7 rings (SSSR count). The topological polar surface area (TPSA) is 30.9 Å². The van der Waals surface area contributed by atoms with E-state index in [4.69, 9.17) is 5.73 Å². The van der Waals surface area contributed by atoms with Gasteiger partial charge in [0.15, 0.2) is 0 Å². The van der Waals surface area contributed by atoms with E-state index in [9.17, 15) is 0 Å². The maximum absolute atomic E-state index is 6.67. The van der Waals surface area contributed by atoms with Crippen molar-refractivity contribution < 1.29 is 0 Å². The summed E-state index contributed by atoms with van der Waals surface area (Å²) in [4.78, 5) is 0. The predicted octanol–water partition coefficient (Wildman–Crippen LogP) is 8.28. The number of nitrogens with zero attached hydrogens (tertiary/aromatic N) is 1. The maximum atomic E-state index is 6.67. The second-order valence-corrected chi connectivity index (χ2v) is 10.6. The minimum Gasteiger partial charge on any atom is -0.327 e. The average Bonchev–Trinajstić information content (AvgIpc) is 3.44. The van der Waals surface area contributed by atoms with Crippen molar-refractivity contribution in [1.82, 2.24) is 4.57 Å². The zero-order chi connectivity index (χ0) is 25.3. The molecular weight excluding hydrogens is 448 g/mol. The van der Waals surface area contributed by atoms with Gasteiger partial charge in [0.05, 0.1) is 16.4 Å². The SMILES string of the molecule is C/C=C1\C(=C/C(C)C(N)CC)C2(c3ccccc3-c3ccccc32)c2cccc3c4ccccc4n1c23. The Hall–Kier alpha value is -3.88. The molecule has 2 unspecified atom stereocenters. The Kier molecular flexibility index (Phi) is 4.86. The Bertz CT molecular complexity index is 1720. The minimum atomic E-state index is -0.402. The molecule has 37 heavy (non-hydrogen) atoms. The van der Waals surface area contributed by atoms with E-state index in [-0.39, 0.29) is 12.0 Å². The smallest absolute Gasteiger partial charge is 0.0751 e. The molecule has 1 spiro atoms. The van der Waals surface area contributed by atoms with Crippen molar-refractivity contribution in [2.45, 2.75) is 38.6 Å². The van der Waals surface area contributed by atoms with Crippen LogP contribution in [0.2, 0.25) is 0 Å². The Balaban J connectivity index is 1.74. The van der Waals surface area contributed by atoms with Crippen molar-refractivity contribution >= 4 is 27.5 Å². The van der Waals surface area contributed by atoms with Gasteiger partial charge in [-0.25, -0.2) is 0 Å². The largest absolute Gasteiger partial charge is 0.327 e. The van der Waals surface area contributed by atoms with Gasteiger partial charge in [-0.2, -0.15) is 0 Å². The first-order valence-electron chi connectivity index (χ1n) is 13.5. The highest BCUT2D eigenvalue weighted by molar-refractivity contribution is 6.15. The van der Waals surface area contributed by atoms with Crippen LogP contribution in [0.25, 0.3) is 38.6 Å². The van der Waals surface area contributed by atoms with Gasteiger partial charge in [0.1, 0.15) is 0 Å². The molecule has 2 aliphatic rings. The summed E-state index contributed by atoms with van der Waals surface area (Å²) in [5.41, 5.74) is 18.2. The van der Waals surface area contributed by atoms with Crippen LogP contribution in [0, 0.1) is 5.92 Å². The van der Waals surface area contributed by atoms with Crippen LogP contribution in [0.1, 0.15) is 43.9 Å². The molecule has 2 heteroatoms. The monoisotopic (exact) mass is 480 g/mol. The van der Waals surface area contributed by atoms with Crippen LogP contribution in [0.4, 0.5) is 0 Å². The lowest BCUT2D eigenvalue weighted by atomic mass is 9.63. The fourth-order valence-electron chi connectivity index (χ4n) is 7.10. The standard InChI is InChI=1S/C35H32N2/c1-4-31(36)22(3)21-30-32(5-2)37-33-20-11-8-15-25(33)26-16-12-19-29(34(26)37)35(30)27-17-9-6-13-23(27)24-14-7-10-18-28(24)35/h5-22,31H,4,36H2,1-3H3/b30-21+,32-5+. The van der Waals surface area contributed by atoms with E-state index in [2.05, 4.69) is 128 Å². The quantitative estimate of drug-likeness (QED) is 0.277. The third kappa shape index (κ3) is 2.74. The molecular formula is C35H32N2. The summed E-state index contributed by atoms with van der Waals surface area (Å²) in [5, 5.41) is 2.61. The summed E-state index contributed by atoms with van der Waals surface area (Å²) in [6.07, 6.45) is 5.74. The number of benzene rings is 4. The van der Waals surface area contributed by atoms with Gasteiger partial charge < -0.3 is 10.3 Å². The number of fused-ring (bicyclic) bond motifs is 9. The van der Waals surface area contributed by atoms with Crippen LogP contribution >= 0.6 is 0 Å². The highest BCUT2D eigenvalue weighted by Gasteiger charge is 2.52. The van der Waals surface area contributed by atoms with Crippen LogP contribution in [0.3, 0.4) is 0 Å². The molecule has 0 fully saturated rings. The molecule has 1 aliphatic carbocycles. The van der Waals surface area contributed by atoms with Crippen molar-refractivity contribution in [3.63, 3.8) is 0 Å². The second-order valence-electron chi connectivity index (χ2n) is 10.6. The van der Waals surface area contributed by atoms with Crippen LogP contribution in [0.5, 0.6) is 0 Å². The average molecular weight is 481 g/mol. The summed E-state index contributed by atoms with van der Waals surface area (Å²) in [6, 6.07) is 33.9. The van der Waals surface area contributed by atoms with Crippen molar-refractivity contribution in [2.24, 2.45) is 11.7 Å². The number of rotatable bonds is 3. The lowest BCUT2D eigenvalue weighted by molar-refractivity contribution is 0.518. The van der Waals surface area contributed by atoms with Crippen molar-refractivity contribution in [3.8, 4) is 11.1 Å². The minimum absolute atomic E-state index is 0.105. The Morgan fingerprint density at radius 3 is 2.05 bits per heavy atom. The predicted molar refractivity (Wildman–Crippen MR) is 157 cm³/mol. The Labute approximate surface area is 218 Å². The molecule has 1 aliphatic heterocycles. The van der Waals surface area contributed by atoms with Gasteiger partial charge in [0, 0.05) is 22.5 Å². The van der Waals surface area contributed by atoms with Gasteiger partial charge >= 0.3 is 0 Å². The van der Waals surface area contributed by atoms with Crippen LogP contribution in [0.15, 0.2) is 109 Å². The summed E-state index contributed by atoms with van der Waals surface area (Å²) in [5.74, 6) is 0.231. The summed E-state index contributed by atoms with van der Waals surface area (Å²) >= 11 is 0. The summed E-state index contributed by atoms with van der Waals surface area (Å²) < 4.78 is 2.50. The molecule has 2 nitrogen and oxygen atoms in total. The van der Waals surface area contributed by atoms with E-state index in [0.29, 0.717) is 0 Å². The second kappa shape index (κ2) is 8.06. The van der Waals surface area contributed by atoms with Crippen molar-refractivity contribution in [1.29, 1.82) is 0 Å². The van der Waals surface area contributed by atoms with Crippen LogP contribution in [-0.2, 0) is 5.41 Å².